The van der Waals surface area contributed by atoms with Crippen LogP contribution in [0.2, 0.25) is 0 Å². The zero-order valence-corrected chi connectivity index (χ0v) is 49.4. The van der Waals surface area contributed by atoms with Crippen LogP contribution in [0.15, 0.2) is 24.3 Å². The van der Waals surface area contributed by atoms with Gasteiger partial charge >= 0.3 is 5.97 Å². The Kier molecular flexibility index (Phi) is 61.4. The Bertz CT molecular complexity index is 1140. The number of ether oxygens (including phenoxy) is 1. The predicted octanol–water partition coefficient (Wildman–Crippen LogP) is 21.0. The van der Waals surface area contributed by atoms with Gasteiger partial charge in [-0.2, -0.15) is 0 Å². The van der Waals surface area contributed by atoms with Crippen molar-refractivity contribution in [2.45, 2.75) is 379 Å². The third-order valence-corrected chi connectivity index (χ3v) is 15.5. The van der Waals surface area contributed by atoms with E-state index in [1.165, 1.54) is 295 Å². The smallest absolute Gasteiger partial charge is 0.305 e. The zero-order valence-electron chi connectivity index (χ0n) is 49.4. The number of hydrogen-bond acceptors (Lipinski definition) is 5. The molecule has 2 atom stereocenters. The molecule has 0 bridgehead atoms. The lowest BCUT2D eigenvalue weighted by atomic mass is 10.0. The average Bonchev–Trinajstić information content (AvgIpc) is 3.39. The highest BCUT2D eigenvalue weighted by molar-refractivity contribution is 5.76. The van der Waals surface area contributed by atoms with Crippen molar-refractivity contribution in [3.8, 4) is 0 Å². The van der Waals surface area contributed by atoms with Crippen LogP contribution in [0, 0.1) is 0 Å². The van der Waals surface area contributed by atoms with Crippen LogP contribution in [0.4, 0.5) is 0 Å². The normalized spacial score (nSPS) is 12.7. The fraction of sp³-hybridized carbons (Fsp3) is 0.910. The Hall–Kier alpha value is -1.66. The van der Waals surface area contributed by atoms with Gasteiger partial charge in [0.25, 0.3) is 0 Å². The second-order valence-corrected chi connectivity index (χ2v) is 22.8. The van der Waals surface area contributed by atoms with Crippen molar-refractivity contribution < 1.29 is 24.5 Å². The van der Waals surface area contributed by atoms with Crippen molar-refractivity contribution >= 4 is 11.9 Å². The number of esters is 1. The number of allylic oxidation sites excluding steroid dienone is 3. The van der Waals surface area contributed by atoms with Crippen molar-refractivity contribution in [1.82, 2.24) is 5.32 Å². The molecule has 0 aromatic carbocycles. The first kappa shape index (κ1) is 71.3. The summed E-state index contributed by atoms with van der Waals surface area (Å²) >= 11 is 0. The van der Waals surface area contributed by atoms with Gasteiger partial charge in [0.2, 0.25) is 5.91 Å². The highest BCUT2D eigenvalue weighted by Crippen LogP contribution is 2.18. The van der Waals surface area contributed by atoms with Gasteiger partial charge in [0.05, 0.1) is 25.4 Å². The monoisotopic (exact) mass is 1030 g/mol. The number of amides is 1. The minimum absolute atomic E-state index is 0.00517. The average molecular weight is 1030 g/mol. The molecule has 1 amide bonds. The van der Waals surface area contributed by atoms with Crippen molar-refractivity contribution in [3.63, 3.8) is 0 Å². The van der Waals surface area contributed by atoms with Crippen LogP contribution in [0.25, 0.3) is 0 Å². The third kappa shape index (κ3) is 59.4. The molecular formula is C67H129NO5. The Morgan fingerprint density at radius 2 is 0.644 bits per heavy atom. The predicted molar refractivity (Wildman–Crippen MR) is 320 cm³/mol. The molecule has 0 saturated heterocycles. The summed E-state index contributed by atoms with van der Waals surface area (Å²) in [6, 6.07) is -0.628. The van der Waals surface area contributed by atoms with Gasteiger partial charge in [-0.25, -0.2) is 0 Å². The Morgan fingerprint density at radius 3 is 0.986 bits per heavy atom. The van der Waals surface area contributed by atoms with Crippen molar-refractivity contribution in [2.24, 2.45) is 0 Å². The molecule has 0 aromatic heterocycles. The lowest BCUT2D eigenvalue weighted by Crippen LogP contribution is -2.45. The highest BCUT2D eigenvalue weighted by Gasteiger charge is 2.18. The van der Waals surface area contributed by atoms with Crippen LogP contribution in [-0.2, 0) is 14.3 Å². The SMILES string of the molecule is CCCCCC/C=C\CCCCCCCC(=O)OCCCCCCCCCCCCCCCCCCCCCCCCCC(=O)NC(CO)C(O)/C=C/CCCCCCCCCCCCCCCCCCCC. The molecule has 6 nitrogen and oxygen atoms in total. The molecule has 0 aliphatic heterocycles. The summed E-state index contributed by atoms with van der Waals surface area (Å²) in [5, 5.41) is 23.2. The maximum absolute atomic E-state index is 12.5. The number of hydrogen-bond donors (Lipinski definition) is 3. The Labute approximate surface area is 456 Å². The molecule has 432 valence electrons. The van der Waals surface area contributed by atoms with E-state index >= 15 is 0 Å². The molecule has 2 unspecified atom stereocenters. The summed E-state index contributed by atoms with van der Waals surface area (Å²) in [6.45, 7) is 4.92. The van der Waals surface area contributed by atoms with Gasteiger partial charge in [-0.05, 0) is 57.8 Å². The van der Waals surface area contributed by atoms with Crippen molar-refractivity contribution in [2.75, 3.05) is 13.2 Å². The Morgan fingerprint density at radius 1 is 0.370 bits per heavy atom. The summed E-state index contributed by atoms with van der Waals surface area (Å²) < 4.78 is 5.48. The lowest BCUT2D eigenvalue weighted by molar-refractivity contribution is -0.143. The fourth-order valence-electron chi connectivity index (χ4n) is 10.4. The van der Waals surface area contributed by atoms with Crippen LogP contribution < -0.4 is 5.32 Å². The number of carbonyl (C=O) groups is 2. The number of aliphatic hydroxyl groups excluding tert-OH is 2. The zero-order chi connectivity index (χ0) is 52.9. The first-order chi connectivity index (χ1) is 36.0. The fourth-order valence-corrected chi connectivity index (χ4v) is 10.4. The number of nitrogens with one attached hydrogen (secondary N) is 1. The van der Waals surface area contributed by atoms with Gasteiger partial charge in [-0.3, -0.25) is 9.59 Å². The maximum atomic E-state index is 12.5. The molecular weight excluding hydrogens is 899 g/mol. The second kappa shape index (κ2) is 62.9. The number of carbonyl (C=O) groups excluding carboxylic acids is 2. The largest absolute Gasteiger partial charge is 0.466 e. The molecule has 73 heavy (non-hydrogen) atoms. The number of unbranched alkanes of at least 4 members (excludes halogenated alkanes) is 49. The van der Waals surface area contributed by atoms with Crippen LogP contribution in [0.1, 0.15) is 367 Å². The minimum atomic E-state index is -0.845. The van der Waals surface area contributed by atoms with E-state index in [-0.39, 0.29) is 18.5 Å². The maximum Gasteiger partial charge on any atom is 0.305 e. The highest BCUT2D eigenvalue weighted by atomic mass is 16.5. The van der Waals surface area contributed by atoms with Gasteiger partial charge < -0.3 is 20.3 Å². The van der Waals surface area contributed by atoms with Crippen LogP contribution in [0.3, 0.4) is 0 Å². The molecule has 3 N–H and O–H groups in total. The van der Waals surface area contributed by atoms with E-state index < -0.39 is 12.1 Å². The minimum Gasteiger partial charge on any atom is -0.466 e. The van der Waals surface area contributed by atoms with E-state index in [2.05, 4.69) is 31.3 Å². The summed E-state index contributed by atoms with van der Waals surface area (Å²) in [7, 11) is 0. The van der Waals surface area contributed by atoms with E-state index in [9.17, 15) is 19.8 Å². The van der Waals surface area contributed by atoms with E-state index in [4.69, 9.17) is 4.74 Å². The molecule has 0 aliphatic carbocycles. The molecule has 0 spiro atoms. The van der Waals surface area contributed by atoms with E-state index in [1.807, 2.05) is 6.08 Å². The van der Waals surface area contributed by atoms with E-state index in [0.29, 0.717) is 19.4 Å². The first-order valence-electron chi connectivity index (χ1n) is 33.1. The van der Waals surface area contributed by atoms with Gasteiger partial charge in [-0.1, -0.05) is 321 Å². The van der Waals surface area contributed by atoms with Crippen LogP contribution >= 0.6 is 0 Å². The summed E-state index contributed by atoms with van der Waals surface area (Å²) in [6.07, 6.45) is 78.0. The summed E-state index contributed by atoms with van der Waals surface area (Å²) in [5.41, 5.74) is 0. The molecule has 0 rings (SSSR count). The molecule has 0 saturated carbocycles. The first-order valence-corrected chi connectivity index (χ1v) is 33.1. The number of rotatable bonds is 62. The third-order valence-electron chi connectivity index (χ3n) is 15.5. The summed E-state index contributed by atoms with van der Waals surface area (Å²) in [5.74, 6) is -0.0589. The second-order valence-electron chi connectivity index (χ2n) is 22.8. The topological polar surface area (TPSA) is 95.9 Å². The van der Waals surface area contributed by atoms with Gasteiger partial charge in [0, 0.05) is 12.8 Å². The lowest BCUT2D eigenvalue weighted by Gasteiger charge is -2.20. The number of aliphatic hydroxyl groups is 2. The van der Waals surface area contributed by atoms with Crippen LogP contribution in [0.5, 0.6) is 0 Å². The van der Waals surface area contributed by atoms with Gasteiger partial charge in [-0.15, -0.1) is 0 Å². The molecule has 6 heteroatoms. The van der Waals surface area contributed by atoms with E-state index in [1.54, 1.807) is 6.08 Å². The standard InChI is InChI=1S/C67H129NO5/c1-3-5-7-9-11-13-15-17-18-19-20-26-29-32-36-39-43-47-51-55-59-65(70)64(63-69)68-66(71)60-56-52-48-44-40-37-33-30-27-24-22-21-23-25-28-31-34-38-42-46-50-54-58-62-73-67(72)61-57-53-49-45-41-35-16-14-12-10-8-6-4-2/h14,16,55,59,64-65,69-70H,3-13,15,17-54,56-58,60-63H2,1-2H3,(H,68,71)/b16-14-,59-55+. The van der Waals surface area contributed by atoms with Gasteiger partial charge in [0.15, 0.2) is 0 Å². The van der Waals surface area contributed by atoms with Crippen LogP contribution in [-0.4, -0.2) is 47.4 Å². The van der Waals surface area contributed by atoms with Crippen molar-refractivity contribution in [3.05, 3.63) is 24.3 Å². The van der Waals surface area contributed by atoms with Gasteiger partial charge in [0.1, 0.15) is 0 Å². The summed E-state index contributed by atoms with van der Waals surface area (Å²) in [4.78, 5) is 24.5. The Balaban J connectivity index is 3.40. The van der Waals surface area contributed by atoms with E-state index in [0.717, 1.165) is 44.9 Å². The molecule has 0 radical (unpaired) electrons. The molecule has 0 fully saturated rings. The molecule has 0 aromatic rings. The van der Waals surface area contributed by atoms with Crippen molar-refractivity contribution in [1.29, 1.82) is 0 Å². The quantitative estimate of drug-likeness (QED) is 0.0320. The molecule has 0 aliphatic rings. The molecule has 0 heterocycles.